The van der Waals surface area contributed by atoms with Gasteiger partial charge < -0.3 is 10.1 Å². The Labute approximate surface area is 180 Å². The zero-order chi connectivity index (χ0) is 22.3. The first-order valence-electron chi connectivity index (χ1n) is 9.86. The fourth-order valence-corrected chi connectivity index (χ4v) is 4.33. The van der Waals surface area contributed by atoms with Gasteiger partial charge in [0.15, 0.2) is 0 Å². The van der Waals surface area contributed by atoms with E-state index < -0.39 is 22.0 Å². The van der Waals surface area contributed by atoms with Gasteiger partial charge in [0.25, 0.3) is 0 Å². The molecule has 8 heteroatoms. The Balaban J connectivity index is 1.72. The van der Waals surface area contributed by atoms with Crippen LogP contribution in [0.5, 0.6) is 0 Å². The SMILES string of the molecule is O=C(O)[C@@H](Cc1c[nH]c2ccccc12)NS(=O)(=O)c1ccc(C#CCCCCF)cc1. The van der Waals surface area contributed by atoms with Gasteiger partial charge in [0, 0.05) is 35.5 Å². The number of halogens is 1. The molecule has 6 nitrogen and oxygen atoms in total. The third-order valence-electron chi connectivity index (χ3n) is 4.78. The van der Waals surface area contributed by atoms with Crippen molar-refractivity contribution < 1.29 is 22.7 Å². The average Bonchev–Trinajstić information content (AvgIpc) is 3.16. The molecule has 3 aromatic rings. The van der Waals surface area contributed by atoms with E-state index in [1.54, 1.807) is 18.3 Å². The van der Waals surface area contributed by atoms with E-state index in [0.29, 0.717) is 30.4 Å². The number of fused-ring (bicyclic) bond motifs is 1. The summed E-state index contributed by atoms with van der Waals surface area (Å²) in [5.41, 5.74) is 2.20. The largest absolute Gasteiger partial charge is 0.480 e. The predicted molar refractivity (Wildman–Crippen MR) is 117 cm³/mol. The fraction of sp³-hybridized carbons (Fsp3) is 0.261. The van der Waals surface area contributed by atoms with Crippen molar-refractivity contribution in [3.63, 3.8) is 0 Å². The summed E-state index contributed by atoms with van der Waals surface area (Å²) in [5, 5.41) is 10.4. The molecule has 0 amide bonds. The Morgan fingerprint density at radius 1 is 1.13 bits per heavy atom. The van der Waals surface area contributed by atoms with E-state index >= 15 is 0 Å². The summed E-state index contributed by atoms with van der Waals surface area (Å²) in [6, 6.07) is 12.0. The molecule has 1 atom stereocenters. The Morgan fingerprint density at radius 3 is 2.58 bits per heavy atom. The fourth-order valence-electron chi connectivity index (χ4n) is 3.14. The van der Waals surface area contributed by atoms with Crippen LogP contribution >= 0.6 is 0 Å². The minimum atomic E-state index is -4.04. The Morgan fingerprint density at radius 2 is 1.87 bits per heavy atom. The molecule has 0 saturated carbocycles. The lowest BCUT2D eigenvalue weighted by atomic mass is 10.1. The molecule has 0 aliphatic heterocycles. The quantitative estimate of drug-likeness (QED) is 0.348. The summed E-state index contributed by atoms with van der Waals surface area (Å²) in [7, 11) is -4.04. The first-order chi connectivity index (χ1) is 14.9. The predicted octanol–water partition coefficient (Wildman–Crippen LogP) is 3.63. The van der Waals surface area contributed by atoms with Crippen LogP contribution in [0.2, 0.25) is 0 Å². The van der Waals surface area contributed by atoms with Gasteiger partial charge in [-0.05, 0) is 48.7 Å². The maximum atomic E-state index is 12.7. The first-order valence-corrected chi connectivity index (χ1v) is 11.3. The number of H-pyrrole nitrogens is 1. The molecule has 0 fully saturated rings. The van der Waals surface area contributed by atoms with Crippen LogP contribution in [0.25, 0.3) is 10.9 Å². The van der Waals surface area contributed by atoms with Gasteiger partial charge in [-0.25, -0.2) is 8.42 Å². The second-order valence-corrected chi connectivity index (χ2v) is 8.76. The second kappa shape index (κ2) is 10.2. The molecule has 3 N–H and O–H groups in total. The number of sulfonamides is 1. The number of benzene rings is 2. The number of carboxylic acids is 1. The second-order valence-electron chi connectivity index (χ2n) is 7.05. The molecule has 0 saturated heterocycles. The van der Waals surface area contributed by atoms with Crippen molar-refractivity contribution in [2.45, 2.75) is 36.6 Å². The molecule has 31 heavy (non-hydrogen) atoms. The summed E-state index contributed by atoms with van der Waals surface area (Å²) >= 11 is 0. The maximum Gasteiger partial charge on any atom is 0.322 e. The standard InChI is InChI=1S/C23H23FN2O4S/c24-14-6-2-1-3-7-17-10-12-19(13-11-17)31(29,30)26-22(23(27)28)15-18-16-25-21-9-5-4-8-20(18)21/h4-5,8-13,16,22,25-26H,1-2,6,14-15H2,(H,27,28)/t22-/m1/s1. The molecule has 1 heterocycles. The van der Waals surface area contributed by atoms with Crippen LogP contribution in [0.15, 0.2) is 59.6 Å². The van der Waals surface area contributed by atoms with Crippen molar-refractivity contribution in [1.82, 2.24) is 9.71 Å². The zero-order valence-electron chi connectivity index (χ0n) is 16.8. The lowest BCUT2D eigenvalue weighted by molar-refractivity contribution is -0.138. The molecule has 0 aliphatic rings. The Bertz CT molecular complexity index is 1210. The van der Waals surface area contributed by atoms with Crippen molar-refractivity contribution in [2.24, 2.45) is 0 Å². The van der Waals surface area contributed by atoms with Gasteiger partial charge in [-0.3, -0.25) is 9.18 Å². The van der Waals surface area contributed by atoms with E-state index in [4.69, 9.17) is 0 Å². The van der Waals surface area contributed by atoms with Crippen LogP contribution in [0, 0.1) is 11.8 Å². The number of para-hydroxylation sites is 1. The number of carboxylic acid groups (broad SMARTS) is 1. The van der Waals surface area contributed by atoms with Gasteiger partial charge >= 0.3 is 5.97 Å². The highest BCUT2D eigenvalue weighted by Gasteiger charge is 2.26. The zero-order valence-corrected chi connectivity index (χ0v) is 17.6. The third kappa shape index (κ3) is 5.94. The summed E-state index contributed by atoms with van der Waals surface area (Å²) in [5.74, 6) is 4.56. The molecule has 162 valence electrons. The van der Waals surface area contributed by atoms with Gasteiger partial charge in [-0.2, -0.15) is 4.72 Å². The average molecular weight is 443 g/mol. The maximum absolute atomic E-state index is 12.7. The van der Waals surface area contributed by atoms with Gasteiger partial charge in [0.1, 0.15) is 6.04 Å². The van der Waals surface area contributed by atoms with E-state index in [-0.39, 0.29) is 18.0 Å². The molecule has 3 rings (SSSR count). The van der Waals surface area contributed by atoms with Crippen LogP contribution in [0.3, 0.4) is 0 Å². The number of aromatic nitrogens is 1. The molecule has 0 spiro atoms. The van der Waals surface area contributed by atoms with E-state index in [2.05, 4.69) is 21.5 Å². The van der Waals surface area contributed by atoms with Gasteiger partial charge in [-0.15, -0.1) is 0 Å². The van der Waals surface area contributed by atoms with Crippen LogP contribution in [-0.4, -0.2) is 37.2 Å². The number of rotatable bonds is 9. The molecule has 0 aliphatic carbocycles. The summed E-state index contributed by atoms with van der Waals surface area (Å²) in [4.78, 5) is 14.8. The number of aliphatic carboxylic acids is 1. The number of nitrogens with one attached hydrogen (secondary N) is 2. The van der Waals surface area contributed by atoms with Crippen molar-refractivity contribution >= 4 is 26.9 Å². The number of carbonyl (C=O) groups is 1. The molecule has 2 aromatic carbocycles. The minimum absolute atomic E-state index is 0.00101. The van der Waals surface area contributed by atoms with Gasteiger partial charge in [0.2, 0.25) is 10.0 Å². The van der Waals surface area contributed by atoms with Crippen molar-refractivity contribution in [3.8, 4) is 11.8 Å². The van der Waals surface area contributed by atoms with E-state index in [0.717, 1.165) is 10.9 Å². The Kier molecular flexibility index (Phi) is 7.45. The highest BCUT2D eigenvalue weighted by molar-refractivity contribution is 7.89. The lowest BCUT2D eigenvalue weighted by Crippen LogP contribution is -2.42. The first kappa shape index (κ1) is 22.5. The monoisotopic (exact) mass is 442 g/mol. The van der Waals surface area contributed by atoms with Crippen LogP contribution in [-0.2, 0) is 21.2 Å². The summed E-state index contributed by atoms with van der Waals surface area (Å²) in [6.45, 7) is -0.362. The highest BCUT2D eigenvalue weighted by atomic mass is 32.2. The van der Waals surface area contributed by atoms with Crippen LogP contribution in [0.1, 0.15) is 30.4 Å². The topological polar surface area (TPSA) is 99.3 Å². The molecule has 0 unspecified atom stereocenters. The van der Waals surface area contributed by atoms with E-state index in [1.807, 2.05) is 24.3 Å². The Hall–Kier alpha value is -3.15. The number of unbranched alkanes of at least 4 members (excludes halogenated alkanes) is 2. The minimum Gasteiger partial charge on any atom is -0.480 e. The summed E-state index contributed by atoms with van der Waals surface area (Å²) < 4.78 is 39.8. The molecule has 0 bridgehead atoms. The van der Waals surface area contributed by atoms with Crippen LogP contribution < -0.4 is 4.72 Å². The number of hydrogen-bond donors (Lipinski definition) is 3. The smallest absolute Gasteiger partial charge is 0.322 e. The van der Waals surface area contributed by atoms with Crippen molar-refractivity contribution in [1.29, 1.82) is 0 Å². The van der Waals surface area contributed by atoms with Crippen LogP contribution in [0.4, 0.5) is 4.39 Å². The van der Waals surface area contributed by atoms with Gasteiger partial charge in [-0.1, -0.05) is 30.0 Å². The lowest BCUT2D eigenvalue weighted by Gasteiger charge is -2.14. The van der Waals surface area contributed by atoms with Gasteiger partial charge in [0.05, 0.1) is 11.6 Å². The van der Waals surface area contributed by atoms with E-state index in [1.165, 1.54) is 12.1 Å². The number of alkyl halides is 1. The number of hydrogen-bond acceptors (Lipinski definition) is 3. The molecular formula is C23H23FN2O4S. The molecule has 1 aromatic heterocycles. The van der Waals surface area contributed by atoms with E-state index in [9.17, 15) is 22.7 Å². The van der Waals surface area contributed by atoms with Crippen molar-refractivity contribution in [3.05, 3.63) is 65.9 Å². The van der Waals surface area contributed by atoms with Crippen molar-refractivity contribution in [2.75, 3.05) is 6.67 Å². The molecular weight excluding hydrogens is 419 g/mol. The normalized spacial score (nSPS) is 12.3. The molecule has 0 radical (unpaired) electrons. The number of aromatic amines is 1. The summed E-state index contributed by atoms with van der Waals surface area (Å²) in [6.07, 6.45) is 3.41. The highest BCUT2D eigenvalue weighted by Crippen LogP contribution is 2.20. The third-order valence-corrected chi connectivity index (χ3v) is 6.26.